The lowest BCUT2D eigenvalue weighted by molar-refractivity contribution is -0.130. The van der Waals surface area contributed by atoms with Crippen molar-refractivity contribution in [2.45, 2.75) is 17.5 Å². The number of hydrogen-bond acceptors (Lipinski definition) is 1. The van der Waals surface area contributed by atoms with E-state index in [4.69, 9.17) is 0 Å². The Kier molecular flexibility index (Phi) is 5.47. The standard InChI is InChI=1S/C11H12Br2F3N/c1-17(7-10(13)11(14,15)16)6-8-4-2-3-5-9(8)12/h2-5,10H,6-7H2,1H3. The summed E-state index contributed by atoms with van der Waals surface area (Å²) in [6, 6.07) is 7.50. The Balaban J connectivity index is 2.56. The Morgan fingerprint density at radius 1 is 1.29 bits per heavy atom. The van der Waals surface area contributed by atoms with Crippen LogP contribution in [-0.4, -0.2) is 29.5 Å². The van der Waals surface area contributed by atoms with Gasteiger partial charge in [-0.3, -0.25) is 0 Å². The Morgan fingerprint density at radius 3 is 2.41 bits per heavy atom. The van der Waals surface area contributed by atoms with E-state index in [0.717, 1.165) is 10.0 Å². The normalized spacial score (nSPS) is 14.1. The van der Waals surface area contributed by atoms with E-state index in [9.17, 15) is 13.2 Å². The van der Waals surface area contributed by atoms with Gasteiger partial charge in [-0.25, -0.2) is 0 Å². The summed E-state index contributed by atoms with van der Waals surface area (Å²) < 4.78 is 37.9. The van der Waals surface area contributed by atoms with Gasteiger partial charge in [0.15, 0.2) is 0 Å². The molecule has 1 aromatic rings. The summed E-state index contributed by atoms with van der Waals surface area (Å²) in [4.78, 5) is 0.134. The molecule has 0 heterocycles. The first-order valence-electron chi connectivity index (χ1n) is 4.93. The first-order chi connectivity index (χ1) is 7.80. The molecule has 0 fully saturated rings. The monoisotopic (exact) mass is 373 g/mol. The molecule has 0 N–H and O–H groups in total. The van der Waals surface area contributed by atoms with Crippen molar-refractivity contribution in [3.8, 4) is 0 Å². The van der Waals surface area contributed by atoms with Gasteiger partial charge < -0.3 is 4.90 Å². The van der Waals surface area contributed by atoms with Crippen LogP contribution >= 0.6 is 31.9 Å². The molecule has 0 spiro atoms. The molecule has 0 bridgehead atoms. The fourth-order valence-electron chi connectivity index (χ4n) is 1.36. The van der Waals surface area contributed by atoms with Crippen LogP contribution in [0, 0.1) is 0 Å². The van der Waals surface area contributed by atoms with Crippen molar-refractivity contribution in [3.05, 3.63) is 34.3 Å². The molecule has 0 amide bonds. The molecule has 0 aliphatic carbocycles. The summed E-state index contributed by atoms with van der Waals surface area (Å²) in [7, 11) is 1.67. The molecule has 0 radical (unpaired) electrons. The van der Waals surface area contributed by atoms with Crippen molar-refractivity contribution in [2.24, 2.45) is 0 Å². The average Bonchev–Trinajstić information content (AvgIpc) is 2.20. The molecular weight excluding hydrogens is 363 g/mol. The Hall–Kier alpha value is -0.0700. The quantitative estimate of drug-likeness (QED) is 0.713. The lowest BCUT2D eigenvalue weighted by atomic mass is 10.2. The molecule has 1 nitrogen and oxygen atoms in total. The zero-order valence-electron chi connectivity index (χ0n) is 9.14. The van der Waals surface area contributed by atoms with Crippen LogP contribution in [0.5, 0.6) is 0 Å². The van der Waals surface area contributed by atoms with Crippen LogP contribution in [0.1, 0.15) is 5.56 Å². The largest absolute Gasteiger partial charge is 0.402 e. The topological polar surface area (TPSA) is 3.24 Å². The molecule has 96 valence electrons. The summed E-state index contributed by atoms with van der Waals surface area (Å²) >= 11 is 6.02. The molecule has 17 heavy (non-hydrogen) atoms. The molecule has 0 saturated carbocycles. The Bertz CT molecular complexity index is 368. The van der Waals surface area contributed by atoms with Crippen LogP contribution in [0.2, 0.25) is 0 Å². The van der Waals surface area contributed by atoms with Gasteiger partial charge in [0, 0.05) is 17.6 Å². The van der Waals surface area contributed by atoms with Crippen molar-refractivity contribution in [1.82, 2.24) is 4.90 Å². The second-order valence-electron chi connectivity index (χ2n) is 3.80. The molecule has 0 aliphatic rings. The summed E-state index contributed by atoms with van der Waals surface area (Å²) in [5.74, 6) is 0. The third-order valence-corrected chi connectivity index (χ3v) is 3.81. The second-order valence-corrected chi connectivity index (χ2v) is 5.76. The van der Waals surface area contributed by atoms with Crippen LogP contribution in [0.3, 0.4) is 0 Å². The van der Waals surface area contributed by atoms with E-state index in [2.05, 4.69) is 31.9 Å². The Labute approximate surface area is 115 Å². The van der Waals surface area contributed by atoms with Crippen LogP contribution in [0.4, 0.5) is 13.2 Å². The number of nitrogens with zero attached hydrogens (tertiary/aromatic N) is 1. The summed E-state index contributed by atoms with van der Waals surface area (Å²) in [6.45, 7) is 0.393. The van der Waals surface area contributed by atoms with Gasteiger partial charge in [0.1, 0.15) is 4.83 Å². The van der Waals surface area contributed by atoms with Crippen molar-refractivity contribution in [1.29, 1.82) is 0 Å². The predicted octanol–water partition coefficient (Wildman–Crippen LogP) is 4.21. The smallest absolute Gasteiger partial charge is 0.301 e. The van der Waals surface area contributed by atoms with E-state index in [0.29, 0.717) is 6.54 Å². The van der Waals surface area contributed by atoms with Gasteiger partial charge in [0.25, 0.3) is 0 Å². The minimum atomic E-state index is -4.21. The third kappa shape index (κ3) is 4.97. The summed E-state index contributed by atoms with van der Waals surface area (Å²) in [6.07, 6.45) is -4.21. The van der Waals surface area contributed by atoms with Gasteiger partial charge >= 0.3 is 6.18 Å². The molecular formula is C11H12Br2F3N. The molecule has 0 aliphatic heterocycles. The van der Waals surface area contributed by atoms with Crippen LogP contribution in [-0.2, 0) is 6.54 Å². The fraction of sp³-hybridized carbons (Fsp3) is 0.455. The van der Waals surface area contributed by atoms with Gasteiger partial charge in [-0.1, -0.05) is 50.1 Å². The second kappa shape index (κ2) is 6.20. The van der Waals surface area contributed by atoms with Crippen molar-refractivity contribution < 1.29 is 13.2 Å². The van der Waals surface area contributed by atoms with Gasteiger partial charge in [0.2, 0.25) is 0 Å². The molecule has 1 aromatic carbocycles. The average molecular weight is 375 g/mol. The van der Waals surface area contributed by atoms with E-state index >= 15 is 0 Å². The first-order valence-corrected chi connectivity index (χ1v) is 6.64. The molecule has 0 saturated heterocycles. The SMILES string of the molecule is CN(Cc1ccccc1Br)CC(Br)C(F)(F)F. The number of hydrogen-bond donors (Lipinski definition) is 0. The van der Waals surface area contributed by atoms with Gasteiger partial charge in [-0.15, -0.1) is 0 Å². The molecule has 6 heteroatoms. The van der Waals surface area contributed by atoms with Gasteiger partial charge in [-0.05, 0) is 18.7 Å². The maximum absolute atomic E-state index is 12.3. The van der Waals surface area contributed by atoms with E-state index in [1.165, 1.54) is 0 Å². The van der Waals surface area contributed by atoms with Crippen LogP contribution < -0.4 is 0 Å². The Morgan fingerprint density at radius 2 is 1.88 bits per heavy atom. The highest BCUT2D eigenvalue weighted by Crippen LogP contribution is 2.27. The number of alkyl halides is 4. The summed E-state index contributed by atoms with van der Waals surface area (Å²) in [5.41, 5.74) is 0.969. The minimum absolute atomic E-state index is 0.0785. The highest BCUT2D eigenvalue weighted by Gasteiger charge is 2.38. The highest BCUT2D eigenvalue weighted by atomic mass is 79.9. The van der Waals surface area contributed by atoms with Gasteiger partial charge in [0.05, 0.1) is 0 Å². The lowest BCUT2D eigenvalue weighted by Crippen LogP contribution is -2.35. The van der Waals surface area contributed by atoms with Crippen molar-refractivity contribution >= 4 is 31.9 Å². The van der Waals surface area contributed by atoms with E-state index < -0.39 is 11.0 Å². The molecule has 1 atom stereocenters. The number of rotatable bonds is 4. The number of halogens is 5. The zero-order valence-corrected chi connectivity index (χ0v) is 12.3. The predicted molar refractivity (Wildman–Crippen MR) is 69.2 cm³/mol. The first kappa shape index (κ1) is 15.0. The molecule has 1 rings (SSSR count). The van der Waals surface area contributed by atoms with Crippen molar-refractivity contribution in [2.75, 3.05) is 13.6 Å². The maximum Gasteiger partial charge on any atom is 0.402 e. The van der Waals surface area contributed by atoms with Crippen LogP contribution in [0.15, 0.2) is 28.7 Å². The highest BCUT2D eigenvalue weighted by molar-refractivity contribution is 9.10. The third-order valence-electron chi connectivity index (χ3n) is 2.23. The molecule has 1 unspecified atom stereocenters. The van der Waals surface area contributed by atoms with E-state index in [1.807, 2.05) is 24.3 Å². The number of benzene rings is 1. The van der Waals surface area contributed by atoms with E-state index in [-0.39, 0.29) is 6.54 Å². The zero-order chi connectivity index (χ0) is 13.1. The molecule has 0 aromatic heterocycles. The maximum atomic E-state index is 12.3. The summed E-state index contributed by atoms with van der Waals surface area (Å²) in [5, 5.41) is 0. The van der Waals surface area contributed by atoms with Crippen molar-refractivity contribution in [3.63, 3.8) is 0 Å². The van der Waals surface area contributed by atoms with Crippen LogP contribution in [0.25, 0.3) is 0 Å². The fourth-order valence-corrected chi connectivity index (χ4v) is 2.26. The minimum Gasteiger partial charge on any atom is -0.301 e. The van der Waals surface area contributed by atoms with E-state index in [1.54, 1.807) is 11.9 Å². The lowest BCUT2D eigenvalue weighted by Gasteiger charge is -2.22. The van der Waals surface area contributed by atoms with Gasteiger partial charge in [-0.2, -0.15) is 13.2 Å².